The van der Waals surface area contributed by atoms with Crippen LogP contribution >= 0.6 is 34.8 Å². The molecule has 2 aromatic rings. The van der Waals surface area contributed by atoms with Gasteiger partial charge in [-0.25, -0.2) is 18.7 Å². The molecule has 9 heteroatoms. The van der Waals surface area contributed by atoms with E-state index in [0.717, 1.165) is 12.1 Å². The summed E-state index contributed by atoms with van der Waals surface area (Å²) < 4.78 is 26.0. The number of rotatable bonds is 3. The second-order valence-corrected chi connectivity index (χ2v) is 4.54. The first-order valence-corrected chi connectivity index (χ1v) is 6.23. The highest BCUT2D eigenvalue weighted by molar-refractivity contribution is 6.38. The van der Waals surface area contributed by atoms with Crippen LogP contribution in [0.25, 0.3) is 0 Å². The first-order valence-electron chi connectivity index (χ1n) is 5.10. The lowest BCUT2D eigenvalue weighted by Gasteiger charge is -2.03. The van der Waals surface area contributed by atoms with Gasteiger partial charge in [-0.1, -0.05) is 23.2 Å². The Bertz CT molecular complexity index is 656. The predicted molar refractivity (Wildman–Crippen MR) is 74.6 cm³/mol. The zero-order valence-corrected chi connectivity index (χ0v) is 11.8. The Kier molecular flexibility index (Phi) is 4.69. The maximum atomic E-state index is 13.3. The van der Waals surface area contributed by atoms with Gasteiger partial charge in [-0.2, -0.15) is 5.10 Å². The van der Waals surface area contributed by atoms with Gasteiger partial charge < -0.3 is 0 Å². The van der Waals surface area contributed by atoms with E-state index in [1.54, 1.807) is 0 Å². The van der Waals surface area contributed by atoms with Gasteiger partial charge in [0.15, 0.2) is 5.82 Å². The molecule has 1 N–H and O–H groups in total. The molecule has 0 radical (unpaired) electrons. The number of nitrogens with zero attached hydrogens (tertiary/aromatic N) is 3. The third-order valence-electron chi connectivity index (χ3n) is 2.14. The van der Waals surface area contributed by atoms with Crippen molar-refractivity contribution in [1.82, 2.24) is 9.97 Å². The molecule has 0 saturated heterocycles. The second-order valence-electron chi connectivity index (χ2n) is 3.48. The smallest absolute Gasteiger partial charge is 0.225 e. The molecular weight excluding hydrogens is 333 g/mol. The molecule has 0 spiro atoms. The second kappa shape index (κ2) is 6.30. The van der Waals surface area contributed by atoms with Crippen molar-refractivity contribution < 1.29 is 8.78 Å². The van der Waals surface area contributed by atoms with Gasteiger partial charge in [-0.05, 0) is 23.7 Å². The minimum atomic E-state index is -0.785. The van der Waals surface area contributed by atoms with Crippen molar-refractivity contribution in [3.8, 4) is 0 Å². The summed E-state index contributed by atoms with van der Waals surface area (Å²) in [6.07, 6.45) is 1.20. The molecular formula is C11H5Cl3F2N4. The third kappa shape index (κ3) is 3.53. The first kappa shape index (κ1) is 14.9. The highest BCUT2D eigenvalue weighted by Crippen LogP contribution is 2.21. The third-order valence-corrected chi connectivity index (χ3v) is 2.88. The van der Waals surface area contributed by atoms with Crippen LogP contribution in [0.15, 0.2) is 23.3 Å². The van der Waals surface area contributed by atoms with Crippen molar-refractivity contribution in [2.75, 3.05) is 5.43 Å². The quantitative estimate of drug-likeness (QED) is 0.396. The molecule has 1 heterocycles. The fraction of sp³-hybridized carbons (Fsp3) is 0. The topological polar surface area (TPSA) is 50.2 Å². The fourth-order valence-corrected chi connectivity index (χ4v) is 1.99. The molecule has 0 amide bonds. The van der Waals surface area contributed by atoms with Crippen molar-refractivity contribution in [3.05, 3.63) is 51.0 Å². The molecule has 1 aromatic carbocycles. The van der Waals surface area contributed by atoms with Crippen LogP contribution in [0.4, 0.5) is 14.5 Å². The zero-order chi connectivity index (χ0) is 14.7. The molecule has 0 unspecified atom stereocenters. The summed E-state index contributed by atoms with van der Waals surface area (Å²) in [6.45, 7) is 0. The Morgan fingerprint density at radius 2 is 1.75 bits per heavy atom. The number of hydrogen-bond acceptors (Lipinski definition) is 4. The van der Waals surface area contributed by atoms with Crippen LogP contribution in [0, 0.1) is 11.6 Å². The SMILES string of the molecule is Fc1ccc(N/N=C\c2c(Cl)nc(Cl)nc2Cl)c(F)c1. The Morgan fingerprint density at radius 3 is 2.35 bits per heavy atom. The number of aromatic nitrogens is 2. The van der Waals surface area contributed by atoms with Gasteiger partial charge in [0.1, 0.15) is 16.1 Å². The molecule has 0 atom stereocenters. The van der Waals surface area contributed by atoms with E-state index in [4.69, 9.17) is 34.8 Å². The van der Waals surface area contributed by atoms with Crippen molar-refractivity contribution in [3.63, 3.8) is 0 Å². The Morgan fingerprint density at radius 1 is 1.10 bits per heavy atom. The lowest BCUT2D eigenvalue weighted by Crippen LogP contribution is -1.97. The highest BCUT2D eigenvalue weighted by atomic mass is 35.5. The Hall–Kier alpha value is -1.50. The van der Waals surface area contributed by atoms with E-state index in [1.165, 1.54) is 12.3 Å². The average molecular weight is 338 g/mol. The van der Waals surface area contributed by atoms with Crippen molar-refractivity contribution in [2.45, 2.75) is 0 Å². The van der Waals surface area contributed by atoms with Crippen LogP contribution in [0.1, 0.15) is 5.56 Å². The van der Waals surface area contributed by atoms with E-state index in [9.17, 15) is 8.78 Å². The number of hydrazone groups is 1. The number of halogens is 5. The Balaban J connectivity index is 2.18. The van der Waals surface area contributed by atoms with E-state index in [2.05, 4.69) is 20.5 Å². The van der Waals surface area contributed by atoms with Gasteiger partial charge in [-0.15, -0.1) is 0 Å². The lowest BCUT2D eigenvalue weighted by molar-refractivity contribution is 0.585. The summed E-state index contributed by atoms with van der Waals surface area (Å²) in [5, 5.41) is 3.62. The van der Waals surface area contributed by atoms with Crippen molar-refractivity contribution >= 4 is 46.7 Å². The first-order chi connectivity index (χ1) is 9.47. The molecule has 0 aliphatic carbocycles. The minimum Gasteiger partial charge on any atom is -0.276 e. The summed E-state index contributed by atoms with van der Waals surface area (Å²) >= 11 is 17.2. The summed E-state index contributed by atoms with van der Waals surface area (Å²) in [7, 11) is 0. The maximum absolute atomic E-state index is 13.3. The Labute approximate surface area is 127 Å². The predicted octanol–water partition coefficient (Wildman–Crippen LogP) is 4.16. The van der Waals surface area contributed by atoms with Gasteiger partial charge in [0.05, 0.1) is 17.5 Å². The number of nitrogens with one attached hydrogen (secondary N) is 1. The van der Waals surface area contributed by atoms with E-state index in [1.807, 2.05) is 0 Å². The fourth-order valence-electron chi connectivity index (χ4n) is 1.25. The zero-order valence-electron chi connectivity index (χ0n) is 9.54. The molecule has 0 fully saturated rings. The van der Waals surface area contributed by atoms with Crippen LogP contribution < -0.4 is 5.43 Å². The van der Waals surface area contributed by atoms with Crippen LogP contribution in [0.5, 0.6) is 0 Å². The molecule has 104 valence electrons. The average Bonchev–Trinajstić information content (AvgIpc) is 2.34. The lowest BCUT2D eigenvalue weighted by atomic mass is 10.3. The van der Waals surface area contributed by atoms with Gasteiger partial charge in [0.2, 0.25) is 5.28 Å². The van der Waals surface area contributed by atoms with Gasteiger partial charge >= 0.3 is 0 Å². The molecule has 20 heavy (non-hydrogen) atoms. The van der Waals surface area contributed by atoms with Gasteiger partial charge in [0, 0.05) is 6.07 Å². The molecule has 0 bridgehead atoms. The van der Waals surface area contributed by atoms with E-state index >= 15 is 0 Å². The molecule has 1 aromatic heterocycles. The minimum absolute atomic E-state index is 0.000119. The van der Waals surface area contributed by atoms with Crippen LogP contribution in [0.2, 0.25) is 15.6 Å². The molecule has 2 rings (SSSR count). The summed E-state index contributed by atoms with van der Waals surface area (Å²) in [6, 6.07) is 3.01. The molecule has 0 aliphatic rings. The monoisotopic (exact) mass is 336 g/mol. The largest absolute Gasteiger partial charge is 0.276 e. The number of anilines is 1. The van der Waals surface area contributed by atoms with Gasteiger partial charge in [-0.3, -0.25) is 5.43 Å². The maximum Gasteiger partial charge on any atom is 0.225 e. The summed E-state index contributed by atoms with van der Waals surface area (Å²) in [5.41, 5.74) is 2.59. The van der Waals surface area contributed by atoms with Crippen LogP contribution in [0.3, 0.4) is 0 Å². The highest BCUT2D eigenvalue weighted by Gasteiger charge is 2.08. The normalized spacial score (nSPS) is 11.1. The molecule has 0 aliphatic heterocycles. The van der Waals surface area contributed by atoms with Crippen molar-refractivity contribution in [2.24, 2.45) is 5.10 Å². The number of hydrogen-bond donors (Lipinski definition) is 1. The van der Waals surface area contributed by atoms with Crippen LogP contribution in [-0.2, 0) is 0 Å². The van der Waals surface area contributed by atoms with E-state index < -0.39 is 11.6 Å². The van der Waals surface area contributed by atoms with E-state index in [0.29, 0.717) is 0 Å². The van der Waals surface area contributed by atoms with Crippen molar-refractivity contribution in [1.29, 1.82) is 0 Å². The standard InChI is InChI=1S/C11H5Cl3F2N4/c12-9-6(10(13)19-11(14)18-9)4-17-20-8-2-1-5(15)3-7(8)16/h1-4,20H/b17-4-. The summed E-state index contributed by atoms with van der Waals surface area (Å²) in [4.78, 5) is 7.36. The molecule has 0 saturated carbocycles. The summed E-state index contributed by atoms with van der Waals surface area (Å²) in [5.74, 6) is -1.47. The van der Waals surface area contributed by atoms with Gasteiger partial charge in [0.25, 0.3) is 0 Å². The van der Waals surface area contributed by atoms with Crippen LogP contribution in [-0.4, -0.2) is 16.2 Å². The van der Waals surface area contributed by atoms with E-state index in [-0.39, 0.29) is 26.8 Å². The number of benzene rings is 1. The molecule has 4 nitrogen and oxygen atoms in total.